The minimum atomic E-state index is -4.58. The molecule has 0 bridgehead atoms. The summed E-state index contributed by atoms with van der Waals surface area (Å²) < 4.78 is 50.0. The molecule has 0 aliphatic carbocycles. The summed E-state index contributed by atoms with van der Waals surface area (Å²) in [5.41, 5.74) is -0.825. The fourth-order valence-corrected chi connectivity index (χ4v) is 3.74. The number of alkyl halides is 3. The molecule has 2 amide bonds. The number of hydrogen-bond donors (Lipinski definition) is 1. The summed E-state index contributed by atoms with van der Waals surface area (Å²) in [6, 6.07) is 9.70. The number of nitrogens with zero attached hydrogens (tertiary/aromatic N) is 1. The SMILES string of the molecule is COc1ccc(C(=O)NCC2CCN(C(=O)c3ccccc3C(F)(F)F)CC2)cc1OC. The molecule has 32 heavy (non-hydrogen) atoms. The van der Waals surface area contributed by atoms with Gasteiger partial charge >= 0.3 is 6.18 Å². The Bertz CT molecular complexity index is 970. The molecular weight excluding hydrogens is 425 g/mol. The summed E-state index contributed by atoms with van der Waals surface area (Å²) in [5, 5.41) is 2.87. The lowest BCUT2D eigenvalue weighted by Crippen LogP contribution is -2.42. The van der Waals surface area contributed by atoms with Crippen molar-refractivity contribution in [3.8, 4) is 11.5 Å². The number of carbonyl (C=O) groups is 2. The third-order valence-corrected chi connectivity index (χ3v) is 5.56. The number of methoxy groups -OCH3 is 2. The van der Waals surface area contributed by atoms with Crippen molar-refractivity contribution in [3.63, 3.8) is 0 Å². The molecule has 1 heterocycles. The Morgan fingerprint density at radius 1 is 1.03 bits per heavy atom. The molecule has 1 aliphatic rings. The molecule has 0 atom stereocenters. The molecule has 0 spiro atoms. The van der Waals surface area contributed by atoms with Crippen LogP contribution in [0.1, 0.15) is 39.1 Å². The van der Waals surface area contributed by atoms with Gasteiger partial charge in [-0.25, -0.2) is 0 Å². The molecule has 0 aromatic heterocycles. The smallest absolute Gasteiger partial charge is 0.417 e. The third kappa shape index (κ3) is 5.33. The average Bonchev–Trinajstić information content (AvgIpc) is 2.81. The van der Waals surface area contributed by atoms with Gasteiger partial charge in [0, 0.05) is 25.2 Å². The molecule has 1 fully saturated rings. The lowest BCUT2D eigenvalue weighted by molar-refractivity contribution is -0.138. The molecule has 9 heteroatoms. The summed E-state index contributed by atoms with van der Waals surface area (Å²) in [7, 11) is 3.00. The van der Waals surface area contributed by atoms with E-state index in [0.717, 1.165) is 6.07 Å². The predicted molar refractivity (Wildman–Crippen MR) is 112 cm³/mol. The van der Waals surface area contributed by atoms with Crippen LogP contribution in [0, 0.1) is 5.92 Å². The van der Waals surface area contributed by atoms with Crippen LogP contribution in [0.2, 0.25) is 0 Å². The van der Waals surface area contributed by atoms with Gasteiger partial charge in [0.2, 0.25) is 0 Å². The molecule has 0 unspecified atom stereocenters. The lowest BCUT2D eigenvalue weighted by atomic mass is 9.95. The number of rotatable bonds is 6. The highest BCUT2D eigenvalue weighted by Crippen LogP contribution is 2.33. The van der Waals surface area contributed by atoms with Gasteiger partial charge in [-0.15, -0.1) is 0 Å². The summed E-state index contributed by atoms with van der Waals surface area (Å²) in [6.07, 6.45) is -3.41. The molecule has 1 N–H and O–H groups in total. The Morgan fingerprint density at radius 2 is 1.69 bits per heavy atom. The highest BCUT2D eigenvalue weighted by atomic mass is 19.4. The zero-order valence-corrected chi connectivity index (χ0v) is 17.9. The lowest BCUT2D eigenvalue weighted by Gasteiger charge is -2.32. The normalized spacial score (nSPS) is 14.7. The largest absolute Gasteiger partial charge is 0.493 e. The van der Waals surface area contributed by atoms with Crippen LogP contribution in [0.3, 0.4) is 0 Å². The second kappa shape index (κ2) is 9.93. The van der Waals surface area contributed by atoms with E-state index in [-0.39, 0.29) is 17.4 Å². The van der Waals surface area contributed by atoms with Gasteiger partial charge in [-0.05, 0) is 49.1 Å². The molecule has 0 saturated carbocycles. The van der Waals surface area contributed by atoms with Crippen LogP contribution in [0.25, 0.3) is 0 Å². The molecule has 2 aromatic rings. The number of nitrogens with one attached hydrogen (secondary N) is 1. The van der Waals surface area contributed by atoms with E-state index in [0.29, 0.717) is 49.5 Å². The van der Waals surface area contributed by atoms with Gasteiger partial charge in [0.05, 0.1) is 25.3 Å². The average molecular weight is 450 g/mol. The molecule has 3 rings (SSSR count). The van der Waals surface area contributed by atoms with Crippen LogP contribution in [0.15, 0.2) is 42.5 Å². The maximum Gasteiger partial charge on any atom is 0.417 e. The highest BCUT2D eigenvalue weighted by Gasteiger charge is 2.36. The van der Waals surface area contributed by atoms with Gasteiger partial charge < -0.3 is 19.7 Å². The van der Waals surface area contributed by atoms with Crippen LogP contribution in [-0.2, 0) is 6.18 Å². The van der Waals surface area contributed by atoms with Crippen molar-refractivity contribution >= 4 is 11.8 Å². The van der Waals surface area contributed by atoms with Crippen LogP contribution in [0.5, 0.6) is 11.5 Å². The van der Waals surface area contributed by atoms with Crippen LogP contribution in [0.4, 0.5) is 13.2 Å². The minimum Gasteiger partial charge on any atom is -0.493 e. The Labute approximate surface area is 184 Å². The van der Waals surface area contributed by atoms with E-state index < -0.39 is 17.6 Å². The summed E-state index contributed by atoms with van der Waals surface area (Å²) in [5.74, 6) is 0.217. The number of piperidine rings is 1. The number of likely N-dealkylation sites (tertiary alicyclic amines) is 1. The Kier molecular flexibility index (Phi) is 7.27. The first-order chi connectivity index (χ1) is 15.2. The first kappa shape index (κ1) is 23.4. The highest BCUT2D eigenvalue weighted by molar-refractivity contribution is 5.96. The maximum absolute atomic E-state index is 13.2. The summed E-state index contributed by atoms with van der Waals surface area (Å²) in [6.45, 7) is 1.08. The molecular formula is C23H25F3N2O4. The molecule has 0 radical (unpaired) electrons. The van der Waals surface area contributed by atoms with Gasteiger partial charge in [0.1, 0.15) is 0 Å². The zero-order chi connectivity index (χ0) is 23.3. The molecule has 1 saturated heterocycles. The van der Waals surface area contributed by atoms with Crippen LogP contribution < -0.4 is 14.8 Å². The van der Waals surface area contributed by atoms with E-state index in [1.807, 2.05) is 0 Å². The van der Waals surface area contributed by atoms with E-state index in [1.54, 1.807) is 18.2 Å². The van der Waals surface area contributed by atoms with Crippen molar-refractivity contribution in [1.29, 1.82) is 0 Å². The predicted octanol–water partition coefficient (Wildman–Crippen LogP) is 4.00. The number of carbonyl (C=O) groups excluding carboxylic acids is 2. The molecule has 2 aromatic carbocycles. The summed E-state index contributed by atoms with van der Waals surface area (Å²) in [4.78, 5) is 26.6. The fourth-order valence-electron chi connectivity index (χ4n) is 3.74. The van der Waals surface area contributed by atoms with Crippen molar-refractivity contribution < 1.29 is 32.2 Å². The van der Waals surface area contributed by atoms with Crippen molar-refractivity contribution in [2.75, 3.05) is 33.9 Å². The van der Waals surface area contributed by atoms with Crippen molar-refractivity contribution in [3.05, 3.63) is 59.2 Å². The number of hydrogen-bond acceptors (Lipinski definition) is 4. The van der Waals surface area contributed by atoms with Crippen LogP contribution >= 0.6 is 0 Å². The first-order valence-electron chi connectivity index (χ1n) is 10.2. The van der Waals surface area contributed by atoms with Crippen LogP contribution in [-0.4, -0.2) is 50.6 Å². The van der Waals surface area contributed by atoms with Crippen molar-refractivity contribution in [1.82, 2.24) is 10.2 Å². The third-order valence-electron chi connectivity index (χ3n) is 5.56. The van der Waals surface area contributed by atoms with Gasteiger partial charge in [0.15, 0.2) is 11.5 Å². The number of amides is 2. The Morgan fingerprint density at radius 3 is 2.31 bits per heavy atom. The molecule has 172 valence electrons. The summed E-state index contributed by atoms with van der Waals surface area (Å²) >= 11 is 0. The zero-order valence-electron chi connectivity index (χ0n) is 17.9. The number of ether oxygens (including phenoxy) is 2. The topological polar surface area (TPSA) is 67.9 Å². The van der Waals surface area contributed by atoms with E-state index in [4.69, 9.17) is 9.47 Å². The second-order valence-electron chi connectivity index (χ2n) is 7.56. The fraction of sp³-hybridized carbons (Fsp3) is 0.391. The van der Waals surface area contributed by atoms with Gasteiger partial charge in [-0.3, -0.25) is 9.59 Å². The number of halogens is 3. The van der Waals surface area contributed by atoms with Gasteiger partial charge in [-0.2, -0.15) is 13.2 Å². The van der Waals surface area contributed by atoms with Gasteiger partial charge in [-0.1, -0.05) is 12.1 Å². The Balaban J connectivity index is 1.55. The second-order valence-corrected chi connectivity index (χ2v) is 7.56. The monoisotopic (exact) mass is 450 g/mol. The van der Waals surface area contributed by atoms with E-state index in [9.17, 15) is 22.8 Å². The maximum atomic E-state index is 13.2. The van der Waals surface area contributed by atoms with E-state index in [1.165, 1.54) is 37.3 Å². The quantitative estimate of drug-likeness (QED) is 0.722. The van der Waals surface area contributed by atoms with Gasteiger partial charge in [0.25, 0.3) is 11.8 Å². The first-order valence-corrected chi connectivity index (χ1v) is 10.2. The molecule has 1 aliphatic heterocycles. The van der Waals surface area contributed by atoms with Crippen molar-refractivity contribution in [2.45, 2.75) is 19.0 Å². The molecule has 6 nitrogen and oxygen atoms in total. The standard InChI is InChI=1S/C23H25F3N2O4/c1-31-19-8-7-16(13-20(19)32-2)21(29)27-14-15-9-11-28(12-10-15)22(30)17-5-3-4-6-18(17)23(24,25)26/h3-8,13,15H,9-12,14H2,1-2H3,(H,27,29). The van der Waals surface area contributed by atoms with Crippen molar-refractivity contribution in [2.24, 2.45) is 5.92 Å². The van der Waals surface area contributed by atoms with E-state index in [2.05, 4.69) is 5.32 Å². The Hall–Kier alpha value is -3.23. The van der Waals surface area contributed by atoms with E-state index >= 15 is 0 Å². The minimum absolute atomic E-state index is 0.126. The number of benzene rings is 2.